The second kappa shape index (κ2) is 10.4. The summed E-state index contributed by atoms with van der Waals surface area (Å²) in [4.78, 5) is 26.7. The van der Waals surface area contributed by atoms with Gasteiger partial charge >= 0.3 is 0 Å². The first-order valence-electron chi connectivity index (χ1n) is 10.6. The standard InChI is InChI=1S/C27H20F2N2O3S/c1-2-6-19-13-17(11-12-24(19)34-16-18-7-5-8-20(28)14-18)15-21-25(32)30-27(35)31(26(21)33)23-10-4-3-9-22(23)29/h2-5,7-15H,1,6,16H2,(H,30,32,35)/b21-15+. The van der Waals surface area contributed by atoms with Crippen LogP contribution in [0.25, 0.3) is 6.08 Å². The van der Waals surface area contributed by atoms with Gasteiger partial charge in [0, 0.05) is 0 Å². The van der Waals surface area contributed by atoms with E-state index in [2.05, 4.69) is 11.9 Å². The van der Waals surface area contributed by atoms with E-state index in [1.807, 2.05) is 0 Å². The van der Waals surface area contributed by atoms with Gasteiger partial charge in [-0.3, -0.25) is 14.9 Å². The van der Waals surface area contributed by atoms with Crippen LogP contribution in [0.2, 0.25) is 0 Å². The van der Waals surface area contributed by atoms with Gasteiger partial charge in [0.2, 0.25) is 0 Å². The number of amides is 2. The Labute approximate surface area is 206 Å². The Kier molecular flexibility index (Phi) is 7.12. The van der Waals surface area contributed by atoms with Gasteiger partial charge in [-0.05, 0) is 77.8 Å². The topological polar surface area (TPSA) is 58.6 Å². The molecule has 0 radical (unpaired) electrons. The Morgan fingerprint density at radius 2 is 1.83 bits per heavy atom. The molecule has 1 saturated heterocycles. The van der Waals surface area contributed by atoms with Gasteiger partial charge in [-0.25, -0.2) is 13.7 Å². The fraction of sp³-hybridized carbons (Fsp3) is 0.0741. The number of para-hydroxylation sites is 1. The van der Waals surface area contributed by atoms with E-state index in [1.54, 1.807) is 42.5 Å². The fourth-order valence-corrected chi connectivity index (χ4v) is 3.88. The maximum Gasteiger partial charge on any atom is 0.270 e. The highest BCUT2D eigenvalue weighted by Gasteiger charge is 2.35. The number of carbonyl (C=O) groups is 2. The summed E-state index contributed by atoms with van der Waals surface area (Å²) in [5, 5.41) is 2.24. The molecule has 3 aromatic carbocycles. The van der Waals surface area contributed by atoms with Crippen molar-refractivity contribution in [3.63, 3.8) is 0 Å². The fourth-order valence-electron chi connectivity index (χ4n) is 3.61. The zero-order valence-electron chi connectivity index (χ0n) is 18.5. The van der Waals surface area contributed by atoms with Crippen molar-refractivity contribution in [3.8, 4) is 5.75 Å². The van der Waals surface area contributed by atoms with Crippen LogP contribution in [0.4, 0.5) is 14.5 Å². The number of halogens is 2. The molecular weight excluding hydrogens is 470 g/mol. The Morgan fingerprint density at radius 3 is 2.57 bits per heavy atom. The van der Waals surface area contributed by atoms with Crippen molar-refractivity contribution in [2.24, 2.45) is 0 Å². The lowest BCUT2D eigenvalue weighted by Crippen LogP contribution is -2.54. The molecule has 2 amide bonds. The van der Waals surface area contributed by atoms with Crippen molar-refractivity contribution in [1.82, 2.24) is 5.32 Å². The third kappa shape index (κ3) is 5.33. The molecule has 0 unspecified atom stereocenters. The van der Waals surface area contributed by atoms with E-state index in [9.17, 15) is 18.4 Å². The quantitative estimate of drug-likeness (QED) is 0.217. The van der Waals surface area contributed by atoms with Crippen molar-refractivity contribution in [2.75, 3.05) is 4.90 Å². The number of rotatable bonds is 7. The molecule has 4 rings (SSSR count). The minimum atomic E-state index is -0.736. The average molecular weight is 491 g/mol. The molecule has 1 heterocycles. The van der Waals surface area contributed by atoms with Gasteiger partial charge in [-0.1, -0.05) is 36.4 Å². The van der Waals surface area contributed by atoms with Crippen LogP contribution in [-0.4, -0.2) is 16.9 Å². The van der Waals surface area contributed by atoms with Crippen molar-refractivity contribution in [3.05, 3.63) is 113 Å². The third-order valence-corrected chi connectivity index (χ3v) is 5.52. The van der Waals surface area contributed by atoms with Gasteiger partial charge in [0.15, 0.2) is 5.11 Å². The van der Waals surface area contributed by atoms with Crippen molar-refractivity contribution in [2.45, 2.75) is 13.0 Å². The van der Waals surface area contributed by atoms with Crippen LogP contribution in [0.3, 0.4) is 0 Å². The molecule has 35 heavy (non-hydrogen) atoms. The third-order valence-electron chi connectivity index (χ3n) is 5.24. The Hall–Kier alpha value is -4.17. The van der Waals surface area contributed by atoms with Gasteiger partial charge in [0.1, 0.15) is 29.6 Å². The number of nitrogens with zero attached hydrogens (tertiary/aromatic N) is 1. The molecule has 0 bridgehead atoms. The average Bonchev–Trinajstić information content (AvgIpc) is 2.82. The van der Waals surface area contributed by atoms with Crippen molar-refractivity contribution < 1.29 is 23.1 Å². The number of ether oxygens (including phenoxy) is 1. The molecule has 1 aliphatic rings. The molecule has 3 aromatic rings. The van der Waals surface area contributed by atoms with Crippen LogP contribution < -0.4 is 15.0 Å². The summed E-state index contributed by atoms with van der Waals surface area (Å²) in [6.07, 6.45) is 3.56. The normalized spacial score (nSPS) is 14.7. The lowest BCUT2D eigenvalue weighted by atomic mass is 10.0. The zero-order valence-corrected chi connectivity index (χ0v) is 19.3. The molecule has 1 aliphatic heterocycles. The lowest BCUT2D eigenvalue weighted by Gasteiger charge is -2.29. The van der Waals surface area contributed by atoms with Gasteiger partial charge in [0.25, 0.3) is 11.8 Å². The largest absolute Gasteiger partial charge is 0.489 e. The number of anilines is 1. The van der Waals surface area contributed by atoms with Crippen LogP contribution in [0, 0.1) is 11.6 Å². The van der Waals surface area contributed by atoms with Crippen molar-refractivity contribution >= 4 is 40.9 Å². The summed E-state index contributed by atoms with van der Waals surface area (Å²) in [5.74, 6) is -1.85. The molecule has 0 saturated carbocycles. The van der Waals surface area contributed by atoms with E-state index >= 15 is 0 Å². The van der Waals surface area contributed by atoms with E-state index in [0.717, 1.165) is 10.5 Å². The first-order chi connectivity index (χ1) is 16.9. The number of benzene rings is 3. The summed E-state index contributed by atoms with van der Waals surface area (Å²) in [6, 6.07) is 16.9. The predicted octanol–water partition coefficient (Wildman–Crippen LogP) is 5.10. The maximum atomic E-state index is 14.3. The number of allylic oxidation sites excluding steroid dienone is 1. The number of nitrogens with one attached hydrogen (secondary N) is 1. The van der Waals surface area contributed by atoms with E-state index in [1.165, 1.54) is 36.4 Å². The van der Waals surface area contributed by atoms with Crippen LogP contribution in [0.5, 0.6) is 5.75 Å². The highest BCUT2D eigenvalue weighted by molar-refractivity contribution is 7.80. The minimum absolute atomic E-state index is 0.0538. The number of thiocarbonyl (C=S) groups is 1. The first kappa shape index (κ1) is 24.0. The molecule has 1 fully saturated rings. The molecule has 8 heteroatoms. The van der Waals surface area contributed by atoms with Gasteiger partial charge in [0.05, 0.1) is 5.69 Å². The molecular formula is C27H20F2N2O3S. The molecule has 176 valence electrons. The van der Waals surface area contributed by atoms with Crippen molar-refractivity contribution in [1.29, 1.82) is 0 Å². The second-order valence-corrected chi connectivity index (χ2v) is 8.07. The lowest BCUT2D eigenvalue weighted by molar-refractivity contribution is -0.122. The Balaban J connectivity index is 1.63. The Morgan fingerprint density at radius 1 is 1.03 bits per heavy atom. The summed E-state index contributed by atoms with van der Waals surface area (Å²) in [6.45, 7) is 3.93. The highest BCUT2D eigenvalue weighted by Crippen LogP contribution is 2.27. The molecule has 5 nitrogen and oxygen atoms in total. The van der Waals surface area contributed by atoms with Gasteiger partial charge in [-0.2, -0.15) is 0 Å². The number of hydrogen-bond donors (Lipinski definition) is 1. The van der Waals surface area contributed by atoms with Crippen LogP contribution in [0.15, 0.2) is 85.0 Å². The summed E-state index contributed by atoms with van der Waals surface area (Å²) < 4.78 is 33.7. The minimum Gasteiger partial charge on any atom is -0.489 e. The van der Waals surface area contributed by atoms with E-state index in [0.29, 0.717) is 23.3 Å². The number of hydrogen-bond acceptors (Lipinski definition) is 4. The number of carbonyl (C=O) groups excluding carboxylic acids is 2. The molecule has 0 atom stereocenters. The van der Waals surface area contributed by atoms with Crippen LogP contribution in [-0.2, 0) is 22.6 Å². The maximum absolute atomic E-state index is 14.3. The second-order valence-electron chi connectivity index (χ2n) is 7.69. The van der Waals surface area contributed by atoms with E-state index in [-0.39, 0.29) is 28.8 Å². The summed E-state index contributed by atoms with van der Waals surface area (Å²) in [7, 11) is 0. The molecule has 0 aromatic heterocycles. The SMILES string of the molecule is C=CCc1cc(/C=C2\C(=O)NC(=S)N(c3ccccc3F)C2=O)ccc1OCc1cccc(F)c1. The Bertz CT molecular complexity index is 1370. The highest BCUT2D eigenvalue weighted by atomic mass is 32.1. The first-order valence-corrected chi connectivity index (χ1v) is 11.0. The zero-order chi connectivity index (χ0) is 24.9. The van der Waals surface area contributed by atoms with Crippen LogP contribution in [0.1, 0.15) is 16.7 Å². The summed E-state index contributed by atoms with van der Waals surface area (Å²) >= 11 is 5.12. The monoisotopic (exact) mass is 490 g/mol. The van der Waals surface area contributed by atoms with E-state index in [4.69, 9.17) is 17.0 Å². The predicted molar refractivity (Wildman–Crippen MR) is 134 cm³/mol. The molecule has 0 aliphatic carbocycles. The van der Waals surface area contributed by atoms with Gasteiger partial charge < -0.3 is 4.74 Å². The molecule has 1 N–H and O–H groups in total. The smallest absolute Gasteiger partial charge is 0.270 e. The summed E-state index contributed by atoms with van der Waals surface area (Å²) in [5.41, 5.74) is 1.74. The van der Waals surface area contributed by atoms with Gasteiger partial charge in [-0.15, -0.1) is 6.58 Å². The molecule has 0 spiro atoms. The van der Waals surface area contributed by atoms with E-state index < -0.39 is 17.6 Å². The van der Waals surface area contributed by atoms with Crippen LogP contribution >= 0.6 is 12.2 Å².